The molecule has 0 unspecified atom stereocenters. The highest BCUT2D eigenvalue weighted by Gasteiger charge is 2.50. The summed E-state index contributed by atoms with van der Waals surface area (Å²) in [6, 6.07) is 0. The topological polar surface area (TPSA) is 30.9 Å². The Balaban J connectivity index is 2.24. The standard InChI is InChI=1S/C13H26BNO3/c1-12(2)13(3,4)18-14(17-12)8-11-16-10-7-9-15(5)6/h8,11H,7,9-10H2,1-6H3/b11-8+. The Hall–Kier alpha value is -0.515. The third-order valence-corrected chi connectivity index (χ3v) is 3.47. The zero-order valence-corrected chi connectivity index (χ0v) is 12.5. The lowest BCUT2D eigenvalue weighted by Crippen LogP contribution is -2.41. The van der Waals surface area contributed by atoms with Gasteiger partial charge in [-0.15, -0.1) is 0 Å². The van der Waals surface area contributed by atoms with Crippen LogP contribution >= 0.6 is 0 Å². The fourth-order valence-corrected chi connectivity index (χ4v) is 1.62. The molecule has 0 aromatic rings. The van der Waals surface area contributed by atoms with E-state index in [0.717, 1.165) is 13.0 Å². The number of rotatable bonds is 6. The van der Waals surface area contributed by atoms with Crippen molar-refractivity contribution in [2.24, 2.45) is 0 Å². The molecule has 0 amide bonds. The first kappa shape index (κ1) is 15.5. The first-order chi connectivity index (χ1) is 8.24. The van der Waals surface area contributed by atoms with E-state index in [1.807, 2.05) is 33.7 Å². The largest absolute Gasteiger partial charge is 0.502 e. The summed E-state index contributed by atoms with van der Waals surface area (Å²) in [5, 5.41) is 0. The molecular formula is C13H26BNO3. The molecule has 0 atom stereocenters. The molecule has 5 heteroatoms. The maximum atomic E-state index is 5.81. The van der Waals surface area contributed by atoms with Crippen molar-refractivity contribution in [3.05, 3.63) is 12.2 Å². The molecule has 0 aromatic heterocycles. The van der Waals surface area contributed by atoms with Crippen molar-refractivity contribution >= 4 is 7.12 Å². The van der Waals surface area contributed by atoms with Gasteiger partial charge < -0.3 is 18.9 Å². The Bertz CT molecular complexity index is 274. The quantitative estimate of drug-likeness (QED) is 0.413. The van der Waals surface area contributed by atoms with Gasteiger partial charge in [0.15, 0.2) is 0 Å². The predicted octanol–water partition coefficient (Wildman–Crippen LogP) is 2.10. The van der Waals surface area contributed by atoms with E-state index in [0.29, 0.717) is 6.61 Å². The van der Waals surface area contributed by atoms with Crippen molar-refractivity contribution in [3.63, 3.8) is 0 Å². The van der Waals surface area contributed by atoms with Crippen LogP contribution in [-0.2, 0) is 14.0 Å². The third kappa shape index (κ3) is 4.30. The van der Waals surface area contributed by atoms with Gasteiger partial charge in [-0.05, 0) is 54.2 Å². The van der Waals surface area contributed by atoms with Crippen LogP contribution in [0.1, 0.15) is 34.1 Å². The fraction of sp³-hybridized carbons (Fsp3) is 0.846. The van der Waals surface area contributed by atoms with Crippen LogP contribution in [0.15, 0.2) is 12.2 Å². The molecule has 104 valence electrons. The van der Waals surface area contributed by atoms with Crippen LogP contribution in [0, 0.1) is 0 Å². The van der Waals surface area contributed by atoms with Crippen LogP contribution in [0.2, 0.25) is 0 Å². The highest BCUT2D eigenvalue weighted by atomic mass is 16.7. The van der Waals surface area contributed by atoms with Crippen molar-refractivity contribution in [1.29, 1.82) is 0 Å². The number of ether oxygens (including phenoxy) is 1. The van der Waals surface area contributed by atoms with E-state index in [9.17, 15) is 0 Å². The summed E-state index contributed by atoms with van der Waals surface area (Å²) in [6.45, 7) is 9.91. The predicted molar refractivity (Wildman–Crippen MR) is 74.3 cm³/mol. The molecule has 1 rings (SSSR count). The Labute approximate surface area is 111 Å². The molecule has 0 N–H and O–H groups in total. The minimum Gasteiger partial charge on any atom is -0.502 e. The van der Waals surface area contributed by atoms with Crippen molar-refractivity contribution in [2.75, 3.05) is 27.2 Å². The van der Waals surface area contributed by atoms with E-state index in [2.05, 4.69) is 19.0 Å². The van der Waals surface area contributed by atoms with Crippen LogP contribution in [0.5, 0.6) is 0 Å². The zero-order valence-electron chi connectivity index (χ0n) is 12.5. The third-order valence-electron chi connectivity index (χ3n) is 3.47. The highest BCUT2D eigenvalue weighted by Crippen LogP contribution is 2.36. The van der Waals surface area contributed by atoms with Crippen LogP contribution in [0.25, 0.3) is 0 Å². The molecular weight excluding hydrogens is 229 g/mol. The molecule has 0 spiro atoms. The highest BCUT2D eigenvalue weighted by molar-refractivity contribution is 6.51. The molecule has 0 saturated carbocycles. The SMILES string of the molecule is CN(C)CCCO/C=C/B1OC(C)(C)C(C)(C)O1. The van der Waals surface area contributed by atoms with E-state index in [-0.39, 0.29) is 18.3 Å². The van der Waals surface area contributed by atoms with Gasteiger partial charge in [0.2, 0.25) is 0 Å². The lowest BCUT2D eigenvalue weighted by molar-refractivity contribution is 0.00578. The molecule has 0 aliphatic carbocycles. The first-order valence-corrected chi connectivity index (χ1v) is 6.53. The minimum atomic E-state index is -0.316. The Morgan fingerprint density at radius 3 is 2.17 bits per heavy atom. The van der Waals surface area contributed by atoms with E-state index in [1.165, 1.54) is 0 Å². The molecule has 1 aliphatic heterocycles. The molecule has 1 saturated heterocycles. The second-order valence-electron chi connectivity index (χ2n) is 5.98. The number of nitrogens with zero attached hydrogens (tertiary/aromatic N) is 1. The van der Waals surface area contributed by atoms with Gasteiger partial charge in [-0.25, -0.2) is 0 Å². The van der Waals surface area contributed by atoms with E-state index >= 15 is 0 Å². The van der Waals surface area contributed by atoms with Crippen LogP contribution in [0.3, 0.4) is 0 Å². The van der Waals surface area contributed by atoms with E-state index in [1.54, 1.807) is 6.26 Å². The maximum absolute atomic E-state index is 5.81. The smallest absolute Gasteiger partial charge is 0.490 e. The average molecular weight is 255 g/mol. The average Bonchev–Trinajstić information content (AvgIpc) is 2.40. The van der Waals surface area contributed by atoms with Crippen molar-refractivity contribution in [2.45, 2.75) is 45.3 Å². The maximum Gasteiger partial charge on any atom is 0.490 e. The minimum absolute atomic E-state index is 0.285. The lowest BCUT2D eigenvalue weighted by atomic mass is 9.90. The van der Waals surface area contributed by atoms with Crippen LogP contribution < -0.4 is 0 Å². The monoisotopic (exact) mass is 255 g/mol. The molecule has 0 aromatic carbocycles. The van der Waals surface area contributed by atoms with Crippen molar-refractivity contribution in [3.8, 4) is 0 Å². The summed E-state index contributed by atoms with van der Waals surface area (Å²) in [7, 11) is 3.80. The number of hydrogen-bond donors (Lipinski definition) is 0. The number of hydrogen-bond acceptors (Lipinski definition) is 4. The van der Waals surface area contributed by atoms with Crippen LogP contribution in [-0.4, -0.2) is 50.5 Å². The second kappa shape index (κ2) is 6.09. The van der Waals surface area contributed by atoms with Gasteiger partial charge in [-0.2, -0.15) is 0 Å². The Kier molecular flexibility index (Phi) is 5.26. The summed E-state index contributed by atoms with van der Waals surface area (Å²) in [5.74, 6) is 1.83. The van der Waals surface area contributed by atoms with Gasteiger partial charge in [0.05, 0.1) is 24.1 Å². The summed E-state index contributed by atoms with van der Waals surface area (Å²) in [6.07, 6.45) is 2.69. The second-order valence-corrected chi connectivity index (χ2v) is 5.98. The fourth-order valence-electron chi connectivity index (χ4n) is 1.62. The molecule has 1 fully saturated rings. The summed E-state index contributed by atoms with van der Waals surface area (Å²) >= 11 is 0. The summed E-state index contributed by atoms with van der Waals surface area (Å²) < 4.78 is 17.0. The molecule has 0 radical (unpaired) electrons. The normalized spacial score (nSPS) is 22.1. The van der Waals surface area contributed by atoms with Gasteiger partial charge in [0, 0.05) is 6.54 Å². The van der Waals surface area contributed by atoms with E-state index < -0.39 is 0 Å². The molecule has 4 nitrogen and oxygen atoms in total. The molecule has 1 heterocycles. The van der Waals surface area contributed by atoms with Gasteiger partial charge >= 0.3 is 7.12 Å². The van der Waals surface area contributed by atoms with Gasteiger partial charge in [0.1, 0.15) is 0 Å². The molecule has 0 bridgehead atoms. The first-order valence-electron chi connectivity index (χ1n) is 6.53. The Morgan fingerprint density at radius 1 is 1.11 bits per heavy atom. The van der Waals surface area contributed by atoms with Crippen LogP contribution in [0.4, 0.5) is 0 Å². The van der Waals surface area contributed by atoms with Gasteiger partial charge in [-0.3, -0.25) is 0 Å². The zero-order chi connectivity index (χ0) is 13.8. The van der Waals surface area contributed by atoms with Crippen molar-refractivity contribution < 1.29 is 14.0 Å². The molecule has 1 aliphatic rings. The Morgan fingerprint density at radius 2 is 1.67 bits per heavy atom. The van der Waals surface area contributed by atoms with Crippen molar-refractivity contribution in [1.82, 2.24) is 4.90 Å². The van der Waals surface area contributed by atoms with Gasteiger partial charge in [-0.1, -0.05) is 0 Å². The summed E-state index contributed by atoms with van der Waals surface area (Å²) in [5.41, 5.74) is -0.570. The van der Waals surface area contributed by atoms with E-state index in [4.69, 9.17) is 14.0 Å². The lowest BCUT2D eigenvalue weighted by Gasteiger charge is -2.32. The summed E-state index contributed by atoms with van der Waals surface area (Å²) in [4.78, 5) is 2.14. The van der Waals surface area contributed by atoms with Gasteiger partial charge in [0.25, 0.3) is 0 Å². The molecule has 18 heavy (non-hydrogen) atoms.